The van der Waals surface area contributed by atoms with Gasteiger partial charge < -0.3 is 5.32 Å². The molecule has 2 aromatic rings. The summed E-state index contributed by atoms with van der Waals surface area (Å²) in [7, 11) is 0. The number of aromatic amines is 1. The molecule has 0 bridgehead atoms. The molecule has 0 spiro atoms. The fraction of sp³-hybridized carbons (Fsp3) is 0.385. The number of hydrogen-bond acceptors (Lipinski definition) is 5. The van der Waals surface area contributed by atoms with Gasteiger partial charge in [-0.3, -0.25) is 15.2 Å². The predicted octanol–water partition coefficient (Wildman–Crippen LogP) is 1.99. The lowest BCUT2D eigenvalue weighted by molar-refractivity contribution is -0.385. The number of nitrogens with zero attached hydrogens (tertiary/aromatic N) is 3. The second kappa shape index (κ2) is 4.92. The zero-order chi connectivity index (χ0) is 14.1. The Labute approximate surface area is 115 Å². The van der Waals surface area contributed by atoms with Gasteiger partial charge in [-0.15, -0.1) is 0 Å². The van der Waals surface area contributed by atoms with Crippen LogP contribution in [0.5, 0.6) is 0 Å². The lowest BCUT2D eigenvalue weighted by atomic mass is 9.93. The Bertz CT molecular complexity index is 652. The van der Waals surface area contributed by atoms with Gasteiger partial charge in [0, 0.05) is 24.2 Å². The predicted molar refractivity (Wildman–Crippen MR) is 73.7 cm³/mol. The Hall–Kier alpha value is -2.44. The minimum absolute atomic E-state index is 0.0209. The Balaban J connectivity index is 1.74. The topological polar surface area (TPSA) is 96.7 Å². The number of aromatic nitrogens is 3. The van der Waals surface area contributed by atoms with Crippen molar-refractivity contribution in [2.45, 2.75) is 32.2 Å². The first-order valence-corrected chi connectivity index (χ1v) is 6.52. The summed E-state index contributed by atoms with van der Waals surface area (Å²) in [5.74, 6) is 0.712. The van der Waals surface area contributed by atoms with Crippen molar-refractivity contribution in [1.29, 1.82) is 0 Å². The van der Waals surface area contributed by atoms with Crippen LogP contribution in [0.4, 0.5) is 11.5 Å². The Morgan fingerprint density at radius 1 is 1.50 bits per heavy atom. The molecule has 1 atom stereocenters. The highest BCUT2D eigenvalue weighted by Gasteiger charge is 2.21. The molecule has 7 heteroatoms. The standard InChI is InChI=1S/C13H15N5O2/c1-8-4-11(18(19)20)7-14-13(8)16-10-3-2-9-6-15-17-12(9)5-10/h4,6-7,10H,2-3,5H2,1H3,(H,14,16)(H,15,17). The van der Waals surface area contributed by atoms with Crippen LogP contribution < -0.4 is 5.32 Å². The molecule has 0 radical (unpaired) electrons. The molecule has 1 aliphatic carbocycles. The van der Waals surface area contributed by atoms with E-state index in [1.165, 1.54) is 11.8 Å². The summed E-state index contributed by atoms with van der Waals surface area (Å²) < 4.78 is 0. The molecule has 20 heavy (non-hydrogen) atoms. The van der Waals surface area contributed by atoms with E-state index in [1.807, 2.05) is 13.1 Å². The van der Waals surface area contributed by atoms with E-state index < -0.39 is 4.92 Å². The third-order valence-corrected chi connectivity index (χ3v) is 3.64. The highest BCUT2D eigenvalue weighted by Crippen LogP contribution is 2.24. The molecule has 104 valence electrons. The van der Waals surface area contributed by atoms with Crippen molar-refractivity contribution >= 4 is 11.5 Å². The van der Waals surface area contributed by atoms with Gasteiger partial charge in [-0.2, -0.15) is 5.10 Å². The van der Waals surface area contributed by atoms with E-state index in [9.17, 15) is 10.1 Å². The second-order valence-corrected chi connectivity index (χ2v) is 5.07. The average molecular weight is 273 g/mol. The third kappa shape index (κ3) is 2.34. The minimum atomic E-state index is -0.429. The van der Waals surface area contributed by atoms with Crippen molar-refractivity contribution in [3.8, 4) is 0 Å². The van der Waals surface area contributed by atoms with Gasteiger partial charge in [0.05, 0.1) is 11.1 Å². The van der Waals surface area contributed by atoms with E-state index in [0.717, 1.165) is 30.5 Å². The van der Waals surface area contributed by atoms with E-state index in [1.54, 1.807) is 6.07 Å². The average Bonchev–Trinajstić information content (AvgIpc) is 2.88. The van der Waals surface area contributed by atoms with Crippen LogP contribution in [0.1, 0.15) is 23.2 Å². The van der Waals surface area contributed by atoms with E-state index in [-0.39, 0.29) is 11.7 Å². The number of rotatable bonds is 3. The van der Waals surface area contributed by atoms with Crippen LogP contribution in [0.2, 0.25) is 0 Å². The fourth-order valence-corrected chi connectivity index (χ4v) is 2.54. The Kier molecular flexibility index (Phi) is 3.09. The van der Waals surface area contributed by atoms with Crippen molar-refractivity contribution in [1.82, 2.24) is 15.2 Å². The number of pyridine rings is 1. The van der Waals surface area contributed by atoms with Gasteiger partial charge in [-0.05, 0) is 30.9 Å². The van der Waals surface area contributed by atoms with Gasteiger partial charge >= 0.3 is 0 Å². The summed E-state index contributed by atoms with van der Waals surface area (Å²) in [6, 6.07) is 1.82. The molecule has 7 nitrogen and oxygen atoms in total. The highest BCUT2D eigenvalue weighted by molar-refractivity contribution is 5.49. The van der Waals surface area contributed by atoms with E-state index in [2.05, 4.69) is 20.5 Å². The summed E-state index contributed by atoms with van der Waals surface area (Å²) in [5, 5.41) is 21.1. The molecule has 2 N–H and O–H groups in total. The lowest BCUT2D eigenvalue weighted by Gasteiger charge is -2.23. The molecule has 1 aliphatic rings. The molecule has 2 heterocycles. The fourth-order valence-electron chi connectivity index (χ4n) is 2.54. The summed E-state index contributed by atoms with van der Waals surface area (Å²) in [6.07, 6.45) is 6.02. The molecule has 0 aliphatic heterocycles. The van der Waals surface area contributed by atoms with E-state index in [4.69, 9.17) is 0 Å². The molecule has 0 saturated carbocycles. The molecular formula is C13H15N5O2. The monoisotopic (exact) mass is 273 g/mol. The molecule has 0 amide bonds. The lowest BCUT2D eigenvalue weighted by Crippen LogP contribution is -2.28. The maximum Gasteiger partial charge on any atom is 0.287 e. The number of hydrogen-bond donors (Lipinski definition) is 2. The van der Waals surface area contributed by atoms with Crippen LogP contribution in [0.15, 0.2) is 18.5 Å². The molecule has 2 aromatic heterocycles. The van der Waals surface area contributed by atoms with Crippen LogP contribution in [-0.4, -0.2) is 26.1 Å². The summed E-state index contributed by atoms with van der Waals surface area (Å²) in [5.41, 5.74) is 3.24. The van der Waals surface area contributed by atoms with Crippen LogP contribution in [0.25, 0.3) is 0 Å². The van der Waals surface area contributed by atoms with Gasteiger partial charge in [0.15, 0.2) is 0 Å². The molecule has 0 saturated heterocycles. The number of nitro groups is 1. The molecule has 0 fully saturated rings. The van der Waals surface area contributed by atoms with Gasteiger partial charge in [0.1, 0.15) is 12.0 Å². The highest BCUT2D eigenvalue weighted by atomic mass is 16.6. The number of aryl methyl sites for hydroxylation is 2. The van der Waals surface area contributed by atoms with Crippen molar-refractivity contribution in [3.63, 3.8) is 0 Å². The Morgan fingerprint density at radius 3 is 3.10 bits per heavy atom. The minimum Gasteiger partial charge on any atom is -0.367 e. The van der Waals surface area contributed by atoms with Crippen LogP contribution in [-0.2, 0) is 12.8 Å². The van der Waals surface area contributed by atoms with Crippen molar-refractivity contribution in [3.05, 3.63) is 45.4 Å². The molecule has 1 unspecified atom stereocenters. The van der Waals surface area contributed by atoms with Crippen LogP contribution >= 0.6 is 0 Å². The van der Waals surface area contributed by atoms with Crippen molar-refractivity contribution in [2.24, 2.45) is 0 Å². The first-order valence-electron chi connectivity index (χ1n) is 6.52. The normalized spacial score (nSPS) is 17.6. The van der Waals surface area contributed by atoms with Gasteiger partial charge in [0.2, 0.25) is 0 Å². The number of anilines is 1. The summed E-state index contributed by atoms with van der Waals surface area (Å²) in [4.78, 5) is 14.4. The summed E-state index contributed by atoms with van der Waals surface area (Å²) >= 11 is 0. The maximum absolute atomic E-state index is 10.7. The first kappa shape index (κ1) is 12.6. The van der Waals surface area contributed by atoms with Crippen LogP contribution in [0.3, 0.4) is 0 Å². The maximum atomic E-state index is 10.7. The Morgan fingerprint density at radius 2 is 2.35 bits per heavy atom. The van der Waals surface area contributed by atoms with Gasteiger partial charge in [0.25, 0.3) is 5.69 Å². The van der Waals surface area contributed by atoms with Crippen molar-refractivity contribution in [2.75, 3.05) is 5.32 Å². The van der Waals surface area contributed by atoms with E-state index >= 15 is 0 Å². The quantitative estimate of drug-likeness (QED) is 0.658. The first-order chi connectivity index (χ1) is 9.63. The third-order valence-electron chi connectivity index (χ3n) is 3.64. The zero-order valence-electron chi connectivity index (χ0n) is 11.1. The van der Waals surface area contributed by atoms with Gasteiger partial charge in [-0.1, -0.05) is 0 Å². The molecular weight excluding hydrogens is 258 g/mol. The van der Waals surface area contributed by atoms with E-state index in [0.29, 0.717) is 5.82 Å². The van der Waals surface area contributed by atoms with Crippen LogP contribution in [0, 0.1) is 17.0 Å². The second-order valence-electron chi connectivity index (χ2n) is 5.07. The SMILES string of the molecule is Cc1cc([N+](=O)[O-])cnc1NC1CCc2cn[nH]c2C1. The zero-order valence-corrected chi connectivity index (χ0v) is 11.1. The summed E-state index contributed by atoms with van der Waals surface area (Å²) in [6.45, 7) is 1.83. The van der Waals surface area contributed by atoms with Gasteiger partial charge in [-0.25, -0.2) is 4.98 Å². The number of H-pyrrole nitrogens is 1. The smallest absolute Gasteiger partial charge is 0.287 e. The molecule has 3 rings (SSSR count). The van der Waals surface area contributed by atoms with Crippen molar-refractivity contribution < 1.29 is 4.92 Å². The molecule has 0 aromatic carbocycles. The largest absolute Gasteiger partial charge is 0.367 e. The number of fused-ring (bicyclic) bond motifs is 1. The number of nitrogens with one attached hydrogen (secondary N) is 2.